The van der Waals surface area contributed by atoms with Crippen LogP contribution in [0.2, 0.25) is 0 Å². The fourth-order valence-electron chi connectivity index (χ4n) is 3.01. The quantitative estimate of drug-likeness (QED) is 0.866. The number of benzene rings is 1. The van der Waals surface area contributed by atoms with Crippen molar-refractivity contribution in [2.75, 3.05) is 0 Å². The summed E-state index contributed by atoms with van der Waals surface area (Å²) in [7, 11) is 0. The Morgan fingerprint density at radius 2 is 2.00 bits per heavy atom. The number of phenols is 1. The number of pyridine rings is 1. The van der Waals surface area contributed by atoms with E-state index in [1.807, 2.05) is 17.0 Å². The van der Waals surface area contributed by atoms with Gasteiger partial charge in [0.05, 0.1) is 11.1 Å². The average molecular weight is 270 g/mol. The molecular formula is C16H18N2O2. The van der Waals surface area contributed by atoms with E-state index in [2.05, 4.69) is 18.8 Å². The number of aromatic nitrogens is 1. The fraction of sp³-hybridized carbons (Fsp3) is 0.375. The maximum absolute atomic E-state index is 12.7. The van der Waals surface area contributed by atoms with Crippen LogP contribution in [0.1, 0.15) is 37.0 Å². The minimum absolute atomic E-state index is 0.0294. The zero-order valence-corrected chi connectivity index (χ0v) is 11.7. The minimum atomic E-state index is -0.104. The predicted octanol–water partition coefficient (Wildman–Crippen LogP) is 2.95. The third-order valence-corrected chi connectivity index (χ3v) is 4.14. The van der Waals surface area contributed by atoms with Gasteiger partial charge in [0.25, 0.3) is 5.91 Å². The summed E-state index contributed by atoms with van der Waals surface area (Å²) in [6.07, 6.45) is 3.72. The highest BCUT2D eigenvalue weighted by Gasteiger charge is 2.33. The Bertz CT molecular complexity index is 659. The summed E-state index contributed by atoms with van der Waals surface area (Å²) in [5.74, 6) is -0.0747. The molecule has 0 saturated carbocycles. The molecule has 20 heavy (non-hydrogen) atoms. The molecule has 2 aromatic rings. The standard InChI is InChI=1S/C16H18N2O2/c1-10-5-6-11(2)18(10)16(20)13-9-14-12(8-15(13)19)4-3-7-17-14/h3-4,7-11,19H,5-6H2,1-2H3. The lowest BCUT2D eigenvalue weighted by molar-refractivity contribution is 0.0690. The molecule has 1 aliphatic rings. The van der Waals surface area contributed by atoms with Gasteiger partial charge in [0.1, 0.15) is 5.75 Å². The van der Waals surface area contributed by atoms with E-state index >= 15 is 0 Å². The monoisotopic (exact) mass is 270 g/mol. The highest BCUT2D eigenvalue weighted by molar-refractivity contribution is 6.01. The normalized spacial score (nSPS) is 22.4. The Labute approximate surface area is 118 Å². The molecule has 2 heterocycles. The first-order valence-electron chi connectivity index (χ1n) is 6.98. The fourth-order valence-corrected chi connectivity index (χ4v) is 3.01. The summed E-state index contributed by atoms with van der Waals surface area (Å²) in [5, 5.41) is 11.0. The molecule has 1 aliphatic heterocycles. The number of carbonyl (C=O) groups is 1. The number of likely N-dealkylation sites (tertiary alicyclic amines) is 1. The number of hydrogen-bond donors (Lipinski definition) is 1. The van der Waals surface area contributed by atoms with Gasteiger partial charge in [-0.15, -0.1) is 0 Å². The second kappa shape index (κ2) is 4.78. The Morgan fingerprint density at radius 1 is 1.30 bits per heavy atom. The molecule has 0 radical (unpaired) electrons. The molecule has 104 valence electrons. The zero-order valence-electron chi connectivity index (χ0n) is 11.7. The van der Waals surface area contributed by atoms with Crippen molar-refractivity contribution in [2.45, 2.75) is 38.8 Å². The van der Waals surface area contributed by atoms with E-state index < -0.39 is 0 Å². The number of amides is 1. The molecule has 0 aliphatic carbocycles. The van der Waals surface area contributed by atoms with Crippen LogP contribution in [0.15, 0.2) is 30.5 Å². The highest BCUT2D eigenvalue weighted by atomic mass is 16.3. The van der Waals surface area contributed by atoms with E-state index in [1.54, 1.807) is 18.3 Å². The molecule has 1 N–H and O–H groups in total. The number of hydrogen-bond acceptors (Lipinski definition) is 3. The van der Waals surface area contributed by atoms with Crippen molar-refractivity contribution in [1.29, 1.82) is 0 Å². The summed E-state index contributed by atoms with van der Waals surface area (Å²) < 4.78 is 0. The second-order valence-electron chi connectivity index (χ2n) is 5.55. The first kappa shape index (κ1) is 12.9. The van der Waals surface area contributed by atoms with Crippen LogP contribution in [0.3, 0.4) is 0 Å². The smallest absolute Gasteiger partial charge is 0.258 e. The number of phenolic OH excluding ortho intramolecular Hbond substituents is 1. The number of aromatic hydroxyl groups is 1. The lowest BCUT2D eigenvalue weighted by Gasteiger charge is -2.26. The Balaban J connectivity index is 2.05. The number of carbonyl (C=O) groups excluding carboxylic acids is 1. The lowest BCUT2D eigenvalue weighted by Crippen LogP contribution is -2.38. The molecule has 4 nitrogen and oxygen atoms in total. The average Bonchev–Trinajstić information content (AvgIpc) is 2.76. The minimum Gasteiger partial charge on any atom is -0.507 e. The van der Waals surface area contributed by atoms with Crippen molar-refractivity contribution in [3.63, 3.8) is 0 Å². The molecular weight excluding hydrogens is 252 g/mol. The molecule has 2 atom stereocenters. The highest BCUT2D eigenvalue weighted by Crippen LogP contribution is 2.30. The Kier molecular flexibility index (Phi) is 3.08. The molecule has 1 fully saturated rings. The van der Waals surface area contributed by atoms with Crippen LogP contribution < -0.4 is 0 Å². The summed E-state index contributed by atoms with van der Waals surface area (Å²) in [6, 6.07) is 7.42. The van der Waals surface area contributed by atoms with Gasteiger partial charge in [-0.05, 0) is 44.9 Å². The van der Waals surface area contributed by atoms with Crippen molar-refractivity contribution in [2.24, 2.45) is 0 Å². The first-order chi connectivity index (χ1) is 9.58. The molecule has 0 spiro atoms. The Morgan fingerprint density at radius 3 is 2.70 bits per heavy atom. The van der Waals surface area contributed by atoms with Crippen molar-refractivity contribution in [1.82, 2.24) is 9.88 Å². The first-order valence-corrected chi connectivity index (χ1v) is 6.98. The number of rotatable bonds is 1. The van der Waals surface area contributed by atoms with Crippen molar-refractivity contribution < 1.29 is 9.90 Å². The summed E-state index contributed by atoms with van der Waals surface area (Å²) in [6.45, 7) is 4.11. The largest absolute Gasteiger partial charge is 0.507 e. The zero-order chi connectivity index (χ0) is 14.3. The molecule has 1 amide bonds. The third kappa shape index (κ3) is 2.01. The van der Waals surface area contributed by atoms with Gasteiger partial charge >= 0.3 is 0 Å². The lowest BCUT2D eigenvalue weighted by atomic mass is 10.1. The van der Waals surface area contributed by atoms with E-state index in [0.29, 0.717) is 5.56 Å². The van der Waals surface area contributed by atoms with Crippen LogP contribution in [0.5, 0.6) is 5.75 Å². The maximum atomic E-state index is 12.7. The van der Waals surface area contributed by atoms with Crippen LogP contribution in [0.4, 0.5) is 0 Å². The SMILES string of the molecule is CC1CCC(C)N1C(=O)c1cc2ncccc2cc1O. The Hall–Kier alpha value is -2.10. The third-order valence-electron chi connectivity index (χ3n) is 4.14. The number of nitrogens with zero attached hydrogens (tertiary/aromatic N) is 2. The molecule has 4 heteroatoms. The predicted molar refractivity (Wildman–Crippen MR) is 77.7 cm³/mol. The summed E-state index contributed by atoms with van der Waals surface area (Å²) in [4.78, 5) is 18.8. The van der Waals surface area contributed by atoms with Crippen LogP contribution in [0, 0.1) is 0 Å². The summed E-state index contributed by atoms with van der Waals surface area (Å²) in [5.41, 5.74) is 1.07. The van der Waals surface area contributed by atoms with E-state index in [4.69, 9.17) is 0 Å². The van der Waals surface area contributed by atoms with Gasteiger partial charge in [-0.3, -0.25) is 9.78 Å². The van der Waals surface area contributed by atoms with Gasteiger partial charge in [0.2, 0.25) is 0 Å². The van der Waals surface area contributed by atoms with Crippen molar-refractivity contribution >= 4 is 16.8 Å². The van der Waals surface area contributed by atoms with Crippen molar-refractivity contribution in [3.05, 3.63) is 36.0 Å². The van der Waals surface area contributed by atoms with Crippen LogP contribution in [-0.4, -0.2) is 33.0 Å². The maximum Gasteiger partial charge on any atom is 0.258 e. The van der Waals surface area contributed by atoms with E-state index in [0.717, 1.165) is 23.7 Å². The van der Waals surface area contributed by atoms with E-state index in [1.165, 1.54) is 0 Å². The van der Waals surface area contributed by atoms with Gasteiger partial charge in [0, 0.05) is 23.7 Å². The molecule has 1 aromatic heterocycles. The second-order valence-corrected chi connectivity index (χ2v) is 5.55. The van der Waals surface area contributed by atoms with Gasteiger partial charge in [-0.25, -0.2) is 0 Å². The van der Waals surface area contributed by atoms with Crippen LogP contribution in [-0.2, 0) is 0 Å². The number of fused-ring (bicyclic) bond motifs is 1. The van der Waals surface area contributed by atoms with Crippen LogP contribution >= 0.6 is 0 Å². The van der Waals surface area contributed by atoms with Gasteiger partial charge in [-0.1, -0.05) is 6.07 Å². The van der Waals surface area contributed by atoms with Crippen LogP contribution in [0.25, 0.3) is 10.9 Å². The topological polar surface area (TPSA) is 53.4 Å². The van der Waals surface area contributed by atoms with E-state index in [9.17, 15) is 9.90 Å². The van der Waals surface area contributed by atoms with Gasteiger partial charge < -0.3 is 10.0 Å². The van der Waals surface area contributed by atoms with Crippen molar-refractivity contribution in [3.8, 4) is 5.75 Å². The molecule has 0 bridgehead atoms. The molecule has 2 unspecified atom stereocenters. The van der Waals surface area contributed by atoms with Gasteiger partial charge in [-0.2, -0.15) is 0 Å². The van der Waals surface area contributed by atoms with Gasteiger partial charge in [0.15, 0.2) is 0 Å². The molecule has 1 aromatic carbocycles. The van der Waals surface area contributed by atoms with E-state index in [-0.39, 0.29) is 23.7 Å². The molecule has 3 rings (SSSR count). The summed E-state index contributed by atoms with van der Waals surface area (Å²) >= 11 is 0. The molecule has 1 saturated heterocycles.